The van der Waals surface area contributed by atoms with Gasteiger partial charge in [-0.15, -0.1) is 0 Å². The van der Waals surface area contributed by atoms with E-state index in [1.165, 1.54) is 32.1 Å². The first-order valence-electron chi connectivity index (χ1n) is 4.76. The largest absolute Gasteiger partial charge is 0.183 e. The van der Waals surface area contributed by atoms with Crippen molar-refractivity contribution in [2.75, 3.05) is 6.26 Å². The van der Waals surface area contributed by atoms with Gasteiger partial charge in [-0.2, -0.15) is 12.6 Å². The molecule has 0 spiro atoms. The maximum Gasteiger partial charge on any atom is -0.0215 e. The summed E-state index contributed by atoms with van der Waals surface area (Å²) < 4.78 is 0. The fourth-order valence-corrected chi connectivity index (χ4v) is 1.13. The minimum Gasteiger partial charge on any atom is -0.183 e. The van der Waals surface area contributed by atoms with Crippen LogP contribution in [-0.2, 0) is 0 Å². The predicted octanol–water partition coefficient (Wildman–Crippen LogP) is 4.16. The standard InChI is InChI=1S/C6H12.C3H8.CH4S/c1-6-4-2-3-5-6;1-3-2;1-2/h6H,2-5H2,1H3;3H2,1-2H3;2H,1H3. The lowest BCUT2D eigenvalue weighted by Gasteiger charge is -1.91. The van der Waals surface area contributed by atoms with Crippen LogP contribution in [-0.4, -0.2) is 6.26 Å². The summed E-state index contributed by atoms with van der Waals surface area (Å²) in [5, 5.41) is 0. The molecule has 0 saturated heterocycles. The van der Waals surface area contributed by atoms with Crippen LogP contribution in [0.3, 0.4) is 0 Å². The monoisotopic (exact) mass is 176 g/mol. The normalized spacial score (nSPS) is 16.1. The minimum atomic E-state index is 1.05. The van der Waals surface area contributed by atoms with Crippen LogP contribution in [0.4, 0.5) is 0 Å². The Labute approximate surface area is 78.2 Å². The molecule has 0 atom stereocenters. The van der Waals surface area contributed by atoms with E-state index in [1.54, 1.807) is 6.26 Å². The molecule has 0 aromatic heterocycles. The van der Waals surface area contributed by atoms with Gasteiger partial charge in [0.2, 0.25) is 0 Å². The maximum atomic E-state index is 3.53. The van der Waals surface area contributed by atoms with Crippen LogP contribution < -0.4 is 0 Å². The highest BCUT2D eigenvalue weighted by Crippen LogP contribution is 2.22. The van der Waals surface area contributed by atoms with Crippen LogP contribution in [0.2, 0.25) is 0 Å². The lowest BCUT2D eigenvalue weighted by Crippen LogP contribution is -1.78. The van der Waals surface area contributed by atoms with E-state index in [0.717, 1.165) is 5.92 Å². The SMILES string of the molecule is CC1CCCC1.CCC.CS. The van der Waals surface area contributed by atoms with Gasteiger partial charge in [0.05, 0.1) is 0 Å². The van der Waals surface area contributed by atoms with Crippen molar-refractivity contribution in [1.82, 2.24) is 0 Å². The molecule has 0 aromatic carbocycles. The van der Waals surface area contributed by atoms with E-state index in [4.69, 9.17) is 0 Å². The number of hydrogen-bond acceptors (Lipinski definition) is 1. The molecule has 0 heterocycles. The Bertz CT molecular complexity index is 46.8. The molecule has 0 aromatic rings. The van der Waals surface area contributed by atoms with Gasteiger partial charge >= 0.3 is 0 Å². The van der Waals surface area contributed by atoms with E-state index >= 15 is 0 Å². The second kappa shape index (κ2) is 13.0. The summed E-state index contributed by atoms with van der Waals surface area (Å²) in [5.41, 5.74) is 0. The summed E-state index contributed by atoms with van der Waals surface area (Å²) in [4.78, 5) is 0. The molecule has 0 unspecified atom stereocenters. The van der Waals surface area contributed by atoms with Crippen molar-refractivity contribution in [3.63, 3.8) is 0 Å². The van der Waals surface area contributed by atoms with Gasteiger partial charge in [-0.05, 0) is 12.2 Å². The van der Waals surface area contributed by atoms with Crippen LogP contribution in [0.5, 0.6) is 0 Å². The van der Waals surface area contributed by atoms with Gasteiger partial charge in [-0.1, -0.05) is 52.9 Å². The number of rotatable bonds is 0. The van der Waals surface area contributed by atoms with Crippen molar-refractivity contribution in [3.05, 3.63) is 0 Å². The van der Waals surface area contributed by atoms with Gasteiger partial charge in [0, 0.05) is 0 Å². The topological polar surface area (TPSA) is 0 Å². The Morgan fingerprint density at radius 3 is 1.45 bits per heavy atom. The molecule has 1 fully saturated rings. The summed E-state index contributed by atoms with van der Waals surface area (Å²) >= 11 is 3.53. The number of thiol groups is 1. The van der Waals surface area contributed by atoms with Crippen molar-refractivity contribution in [2.24, 2.45) is 5.92 Å². The van der Waals surface area contributed by atoms with Crippen molar-refractivity contribution in [2.45, 2.75) is 52.9 Å². The molecule has 1 rings (SSSR count). The summed E-state index contributed by atoms with van der Waals surface area (Å²) in [7, 11) is 0. The Hall–Kier alpha value is 0.350. The first kappa shape index (κ1) is 13.9. The molecular formula is C10H24S. The zero-order valence-corrected chi connectivity index (χ0v) is 9.45. The van der Waals surface area contributed by atoms with Gasteiger partial charge in [-0.25, -0.2) is 0 Å². The van der Waals surface area contributed by atoms with Crippen LogP contribution in [0.15, 0.2) is 0 Å². The maximum absolute atomic E-state index is 3.53. The molecule has 0 amide bonds. The summed E-state index contributed by atoms with van der Waals surface area (Å²) in [6.07, 6.45) is 8.89. The van der Waals surface area contributed by atoms with Crippen LogP contribution >= 0.6 is 12.6 Å². The molecule has 1 saturated carbocycles. The number of hydrogen-bond donors (Lipinski definition) is 1. The lowest BCUT2D eigenvalue weighted by molar-refractivity contribution is 0.612. The fourth-order valence-electron chi connectivity index (χ4n) is 1.13. The third-order valence-corrected chi connectivity index (χ3v) is 1.64. The Kier molecular flexibility index (Phi) is 16.4. The van der Waals surface area contributed by atoms with Crippen molar-refractivity contribution < 1.29 is 0 Å². The van der Waals surface area contributed by atoms with Crippen molar-refractivity contribution >= 4 is 12.6 Å². The molecule has 0 bridgehead atoms. The van der Waals surface area contributed by atoms with Crippen molar-refractivity contribution in [3.8, 4) is 0 Å². The van der Waals surface area contributed by atoms with Crippen LogP contribution in [0.1, 0.15) is 52.9 Å². The van der Waals surface area contributed by atoms with E-state index in [0.29, 0.717) is 0 Å². The summed E-state index contributed by atoms with van der Waals surface area (Å²) in [6.45, 7) is 6.59. The molecule has 0 N–H and O–H groups in total. The van der Waals surface area contributed by atoms with Crippen molar-refractivity contribution in [1.29, 1.82) is 0 Å². The van der Waals surface area contributed by atoms with Gasteiger partial charge in [0.15, 0.2) is 0 Å². The quantitative estimate of drug-likeness (QED) is 0.526. The fraction of sp³-hybridized carbons (Fsp3) is 1.00. The zero-order valence-electron chi connectivity index (χ0n) is 8.56. The molecule has 0 nitrogen and oxygen atoms in total. The highest BCUT2D eigenvalue weighted by molar-refractivity contribution is 7.79. The Balaban J connectivity index is 0. The van der Waals surface area contributed by atoms with Gasteiger partial charge < -0.3 is 0 Å². The average Bonchev–Trinajstić information content (AvgIpc) is 2.46. The van der Waals surface area contributed by atoms with E-state index in [2.05, 4.69) is 33.4 Å². The second-order valence-corrected chi connectivity index (χ2v) is 3.10. The molecule has 1 heteroatoms. The smallest absolute Gasteiger partial charge is 0.0215 e. The van der Waals surface area contributed by atoms with Gasteiger partial charge in [-0.3, -0.25) is 0 Å². The first-order chi connectivity index (χ1) is 5.31. The average molecular weight is 176 g/mol. The lowest BCUT2D eigenvalue weighted by atomic mass is 10.2. The van der Waals surface area contributed by atoms with E-state index in [9.17, 15) is 0 Å². The molecule has 1 aliphatic rings. The Morgan fingerprint density at radius 1 is 1.09 bits per heavy atom. The predicted molar refractivity (Wildman–Crippen MR) is 58.5 cm³/mol. The summed E-state index contributed by atoms with van der Waals surface area (Å²) in [5.74, 6) is 1.05. The molecular weight excluding hydrogens is 152 g/mol. The minimum absolute atomic E-state index is 1.05. The van der Waals surface area contributed by atoms with E-state index < -0.39 is 0 Å². The van der Waals surface area contributed by atoms with Crippen LogP contribution in [0.25, 0.3) is 0 Å². The molecule has 0 aliphatic heterocycles. The molecule has 11 heavy (non-hydrogen) atoms. The Morgan fingerprint density at radius 2 is 1.36 bits per heavy atom. The third kappa shape index (κ3) is 13.4. The van der Waals surface area contributed by atoms with Crippen LogP contribution in [0, 0.1) is 5.92 Å². The molecule has 0 radical (unpaired) electrons. The molecule has 70 valence electrons. The third-order valence-electron chi connectivity index (χ3n) is 1.64. The zero-order chi connectivity index (χ0) is 9.11. The van der Waals surface area contributed by atoms with E-state index in [1.807, 2.05) is 0 Å². The van der Waals surface area contributed by atoms with Gasteiger partial charge in [0.25, 0.3) is 0 Å². The highest BCUT2D eigenvalue weighted by Gasteiger charge is 2.07. The molecule has 1 aliphatic carbocycles. The second-order valence-electron chi connectivity index (χ2n) is 3.10. The summed E-state index contributed by atoms with van der Waals surface area (Å²) in [6, 6.07) is 0. The first-order valence-corrected chi connectivity index (χ1v) is 5.65. The van der Waals surface area contributed by atoms with E-state index in [-0.39, 0.29) is 0 Å². The highest BCUT2D eigenvalue weighted by atomic mass is 32.1. The van der Waals surface area contributed by atoms with Gasteiger partial charge in [0.1, 0.15) is 0 Å².